The van der Waals surface area contributed by atoms with Crippen LogP contribution < -0.4 is 10.6 Å². The molecule has 1 aromatic carbocycles. The van der Waals surface area contributed by atoms with Gasteiger partial charge in [0.2, 0.25) is 0 Å². The average Bonchev–Trinajstić information content (AvgIpc) is 2.99. The number of hydrogen-bond acceptors (Lipinski definition) is 3. The Hall–Kier alpha value is -1.85. The maximum atomic E-state index is 12.2. The summed E-state index contributed by atoms with van der Waals surface area (Å²) in [6.07, 6.45) is 5.42. The number of halogens is 1. The highest BCUT2D eigenvalue weighted by Crippen LogP contribution is 2.13. The van der Waals surface area contributed by atoms with Crippen LogP contribution in [0.2, 0.25) is 5.02 Å². The highest BCUT2D eigenvalue weighted by molar-refractivity contribution is 6.30. The smallest absolute Gasteiger partial charge is 0.254 e. The maximum absolute atomic E-state index is 12.2. The van der Waals surface area contributed by atoms with Crippen LogP contribution in [0, 0.1) is 0 Å². The van der Waals surface area contributed by atoms with Crippen LogP contribution in [0.4, 0.5) is 0 Å². The van der Waals surface area contributed by atoms with Crippen molar-refractivity contribution in [2.24, 2.45) is 0 Å². The number of nitrogens with one attached hydrogen (secondary N) is 2. The van der Waals surface area contributed by atoms with Gasteiger partial charge >= 0.3 is 0 Å². The molecule has 0 saturated carbocycles. The van der Waals surface area contributed by atoms with Crippen LogP contribution in [0.25, 0.3) is 5.69 Å². The van der Waals surface area contributed by atoms with Gasteiger partial charge in [-0.1, -0.05) is 11.6 Å². The van der Waals surface area contributed by atoms with Crippen molar-refractivity contribution in [2.75, 3.05) is 13.1 Å². The van der Waals surface area contributed by atoms with Crippen molar-refractivity contribution in [1.29, 1.82) is 0 Å². The average molecular weight is 305 g/mol. The Bertz CT molecular complexity index is 617. The van der Waals surface area contributed by atoms with Crippen molar-refractivity contribution in [2.45, 2.75) is 18.9 Å². The summed E-state index contributed by atoms with van der Waals surface area (Å²) in [7, 11) is 0. The Kier molecular flexibility index (Phi) is 4.22. The van der Waals surface area contributed by atoms with Gasteiger partial charge in [0.1, 0.15) is 0 Å². The van der Waals surface area contributed by atoms with Gasteiger partial charge in [-0.15, -0.1) is 0 Å². The minimum atomic E-state index is -0.0797. The molecule has 0 spiro atoms. The fourth-order valence-electron chi connectivity index (χ4n) is 2.42. The first-order valence-corrected chi connectivity index (χ1v) is 7.42. The second-order valence-corrected chi connectivity index (χ2v) is 5.60. The van der Waals surface area contributed by atoms with Gasteiger partial charge in [-0.05, 0) is 43.7 Å². The molecule has 2 heterocycles. The number of amides is 1. The number of piperidine rings is 1. The molecule has 1 aromatic heterocycles. The lowest BCUT2D eigenvalue weighted by molar-refractivity contribution is 0.0930. The lowest BCUT2D eigenvalue weighted by atomic mass is 10.1. The molecule has 2 aromatic rings. The minimum absolute atomic E-state index is 0.0797. The van der Waals surface area contributed by atoms with E-state index in [1.807, 2.05) is 12.1 Å². The standard InChI is InChI=1S/C15H17ClN4O/c16-12-3-5-14(6-4-12)20-10-11(8-18-20)15(21)19-13-2-1-7-17-9-13/h3-6,8,10,13,17H,1-2,7,9H2,(H,19,21)/t13-/m0/s1. The molecule has 3 rings (SSSR count). The summed E-state index contributed by atoms with van der Waals surface area (Å²) in [6, 6.07) is 7.52. The zero-order valence-corrected chi connectivity index (χ0v) is 12.3. The number of rotatable bonds is 3. The quantitative estimate of drug-likeness (QED) is 0.912. The van der Waals surface area contributed by atoms with E-state index in [9.17, 15) is 4.79 Å². The van der Waals surface area contributed by atoms with Crippen LogP contribution in [-0.2, 0) is 0 Å². The first kappa shape index (κ1) is 14.1. The Morgan fingerprint density at radius 1 is 1.38 bits per heavy atom. The first-order chi connectivity index (χ1) is 10.2. The highest BCUT2D eigenvalue weighted by Gasteiger charge is 2.17. The van der Waals surface area contributed by atoms with Gasteiger partial charge in [0.25, 0.3) is 5.91 Å². The molecule has 0 aliphatic carbocycles. The number of carbonyl (C=O) groups is 1. The molecule has 0 radical (unpaired) electrons. The fraction of sp³-hybridized carbons (Fsp3) is 0.333. The topological polar surface area (TPSA) is 59.0 Å². The summed E-state index contributed by atoms with van der Waals surface area (Å²) < 4.78 is 1.67. The first-order valence-electron chi connectivity index (χ1n) is 7.04. The van der Waals surface area contributed by atoms with Crippen LogP contribution >= 0.6 is 11.6 Å². The molecule has 0 unspecified atom stereocenters. The Labute approximate surface area is 128 Å². The van der Waals surface area contributed by atoms with Crippen LogP contribution in [0.15, 0.2) is 36.7 Å². The van der Waals surface area contributed by atoms with E-state index in [1.54, 1.807) is 29.2 Å². The second kappa shape index (κ2) is 6.28. The van der Waals surface area contributed by atoms with Crippen molar-refractivity contribution >= 4 is 17.5 Å². The zero-order valence-electron chi connectivity index (χ0n) is 11.6. The predicted octanol–water partition coefficient (Wildman–Crippen LogP) is 2.01. The molecule has 6 heteroatoms. The third kappa shape index (κ3) is 3.43. The van der Waals surface area contributed by atoms with E-state index in [0.717, 1.165) is 31.6 Å². The fourth-order valence-corrected chi connectivity index (χ4v) is 2.54. The van der Waals surface area contributed by atoms with Crippen molar-refractivity contribution in [1.82, 2.24) is 20.4 Å². The van der Waals surface area contributed by atoms with E-state index in [4.69, 9.17) is 11.6 Å². The van der Waals surface area contributed by atoms with Crippen molar-refractivity contribution < 1.29 is 4.79 Å². The van der Waals surface area contributed by atoms with Gasteiger partial charge in [0, 0.05) is 23.8 Å². The molecule has 1 atom stereocenters. The van der Waals surface area contributed by atoms with Crippen LogP contribution in [-0.4, -0.2) is 34.8 Å². The van der Waals surface area contributed by atoms with Gasteiger partial charge in [-0.2, -0.15) is 5.10 Å². The lowest BCUT2D eigenvalue weighted by Crippen LogP contribution is -2.45. The molecule has 1 aliphatic rings. The molecule has 0 bridgehead atoms. The molecule has 2 N–H and O–H groups in total. The second-order valence-electron chi connectivity index (χ2n) is 5.17. The largest absolute Gasteiger partial charge is 0.348 e. The van der Waals surface area contributed by atoms with Gasteiger partial charge in [-0.3, -0.25) is 4.79 Å². The zero-order chi connectivity index (χ0) is 14.7. The molecule has 1 saturated heterocycles. The number of benzene rings is 1. The number of aromatic nitrogens is 2. The van der Waals surface area contributed by atoms with E-state index >= 15 is 0 Å². The molecule has 1 aliphatic heterocycles. The predicted molar refractivity (Wildman–Crippen MR) is 81.9 cm³/mol. The molecule has 5 nitrogen and oxygen atoms in total. The summed E-state index contributed by atoms with van der Waals surface area (Å²) >= 11 is 5.86. The number of hydrogen-bond donors (Lipinski definition) is 2. The SMILES string of the molecule is O=C(N[C@H]1CCCNC1)c1cnn(-c2ccc(Cl)cc2)c1. The van der Waals surface area contributed by atoms with Crippen molar-refractivity contribution in [3.8, 4) is 5.69 Å². The Morgan fingerprint density at radius 3 is 2.90 bits per heavy atom. The van der Waals surface area contributed by atoms with Crippen molar-refractivity contribution in [3.05, 3.63) is 47.2 Å². The lowest BCUT2D eigenvalue weighted by Gasteiger charge is -2.23. The van der Waals surface area contributed by atoms with E-state index in [0.29, 0.717) is 10.6 Å². The van der Waals surface area contributed by atoms with Gasteiger partial charge < -0.3 is 10.6 Å². The van der Waals surface area contributed by atoms with E-state index in [1.165, 1.54) is 0 Å². The third-order valence-electron chi connectivity index (χ3n) is 3.57. The minimum Gasteiger partial charge on any atom is -0.348 e. The maximum Gasteiger partial charge on any atom is 0.254 e. The summed E-state index contributed by atoms with van der Waals surface area (Å²) in [6.45, 7) is 1.86. The van der Waals surface area contributed by atoms with Gasteiger partial charge in [-0.25, -0.2) is 4.68 Å². The summed E-state index contributed by atoms with van der Waals surface area (Å²) in [5, 5.41) is 11.2. The molecular formula is C15H17ClN4O. The molecule has 1 fully saturated rings. The summed E-state index contributed by atoms with van der Waals surface area (Å²) in [4.78, 5) is 12.2. The number of carbonyl (C=O) groups excluding carboxylic acids is 1. The van der Waals surface area contributed by atoms with E-state index < -0.39 is 0 Å². The summed E-state index contributed by atoms with van der Waals surface area (Å²) in [5.41, 5.74) is 1.44. The Balaban J connectivity index is 1.69. The summed E-state index contributed by atoms with van der Waals surface area (Å²) in [5.74, 6) is -0.0797. The normalized spacial score (nSPS) is 18.4. The molecule has 1 amide bonds. The van der Waals surface area contributed by atoms with Gasteiger partial charge in [0.05, 0.1) is 17.4 Å². The van der Waals surface area contributed by atoms with Crippen molar-refractivity contribution in [3.63, 3.8) is 0 Å². The van der Waals surface area contributed by atoms with Crippen LogP contribution in [0.1, 0.15) is 23.2 Å². The van der Waals surface area contributed by atoms with E-state index in [2.05, 4.69) is 15.7 Å². The van der Waals surface area contributed by atoms with Gasteiger partial charge in [0.15, 0.2) is 0 Å². The molecular weight excluding hydrogens is 288 g/mol. The number of nitrogens with zero attached hydrogens (tertiary/aromatic N) is 2. The monoisotopic (exact) mass is 304 g/mol. The van der Waals surface area contributed by atoms with Crippen LogP contribution in [0.3, 0.4) is 0 Å². The highest BCUT2D eigenvalue weighted by atomic mass is 35.5. The van der Waals surface area contributed by atoms with Crippen LogP contribution in [0.5, 0.6) is 0 Å². The molecule has 21 heavy (non-hydrogen) atoms. The van der Waals surface area contributed by atoms with E-state index in [-0.39, 0.29) is 11.9 Å². The Morgan fingerprint density at radius 2 is 2.19 bits per heavy atom. The molecule has 110 valence electrons. The third-order valence-corrected chi connectivity index (χ3v) is 3.82.